The van der Waals surface area contributed by atoms with Gasteiger partial charge in [0.05, 0.1) is 22.8 Å². The first-order valence-electron chi connectivity index (χ1n) is 8.94. The van der Waals surface area contributed by atoms with Crippen LogP contribution >= 0.6 is 23.1 Å². The fraction of sp³-hybridized carbons (Fsp3) is 0.588. The summed E-state index contributed by atoms with van der Waals surface area (Å²) in [5, 5.41) is 14.4. The van der Waals surface area contributed by atoms with Crippen molar-refractivity contribution in [2.45, 2.75) is 49.3 Å². The fourth-order valence-electron chi connectivity index (χ4n) is 3.41. The Balaban J connectivity index is 1.39. The van der Waals surface area contributed by atoms with Crippen molar-refractivity contribution >= 4 is 38.8 Å². The molecule has 7 nitrogen and oxygen atoms in total. The molecule has 1 aliphatic carbocycles. The summed E-state index contributed by atoms with van der Waals surface area (Å²) < 4.78 is 25.5. The largest absolute Gasteiger partial charge is 0.349 e. The molecular weight excluding hydrogens is 404 g/mol. The number of hydrogen-bond acceptors (Lipinski definition) is 7. The molecule has 4 rings (SSSR count). The van der Waals surface area contributed by atoms with Gasteiger partial charge in [0.2, 0.25) is 5.91 Å². The molecule has 1 N–H and O–H groups in total. The molecule has 0 bridgehead atoms. The van der Waals surface area contributed by atoms with E-state index >= 15 is 0 Å². The number of carbonyl (C=O) groups is 1. The average molecular weight is 427 g/mol. The second-order valence-corrected chi connectivity index (χ2v) is 11.7. The van der Waals surface area contributed by atoms with Gasteiger partial charge in [0.25, 0.3) is 0 Å². The van der Waals surface area contributed by atoms with Crippen LogP contribution in [-0.4, -0.2) is 51.9 Å². The molecule has 1 saturated carbocycles. The third-order valence-electron chi connectivity index (χ3n) is 4.84. The normalized spacial score (nSPS) is 24.2. The summed E-state index contributed by atoms with van der Waals surface area (Å²) in [6, 6.07) is 4.55. The van der Waals surface area contributed by atoms with Gasteiger partial charge in [-0.25, -0.2) is 8.42 Å². The minimum atomic E-state index is -3.04. The highest BCUT2D eigenvalue weighted by Crippen LogP contribution is 2.39. The van der Waals surface area contributed by atoms with Gasteiger partial charge in [0.1, 0.15) is 5.82 Å². The van der Waals surface area contributed by atoms with Crippen LogP contribution in [0.25, 0.3) is 0 Å². The predicted octanol–water partition coefficient (Wildman–Crippen LogP) is 2.05. The highest BCUT2D eigenvalue weighted by atomic mass is 32.2. The molecule has 2 aromatic rings. The monoisotopic (exact) mass is 426 g/mol. The van der Waals surface area contributed by atoms with E-state index in [9.17, 15) is 13.2 Å². The lowest BCUT2D eigenvalue weighted by Gasteiger charge is -2.23. The summed E-state index contributed by atoms with van der Waals surface area (Å²) in [6.45, 7) is 1.80. The molecule has 2 aliphatic rings. The number of nitrogens with one attached hydrogen (secondary N) is 1. The molecule has 1 aliphatic heterocycles. The van der Waals surface area contributed by atoms with Gasteiger partial charge < -0.3 is 9.88 Å². The topological polar surface area (TPSA) is 93.9 Å². The van der Waals surface area contributed by atoms with Crippen LogP contribution in [0.3, 0.4) is 0 Å². The number of thiophene rings is 1. The van der Waals surface area contributed by atoms with Crippen LogP contribution in [0, 0.1) is 0 Å². The van der Waals surface area contributed by atoms with Crippen LogP contribution in [-0.2, 0) is 21.1 Å². The summed E-state index contributed by atoms with van der Waals surface area (Å²) in [5.41, 5.74) is -0.662. The average Bonchev–Trinajstić information content (AvgIpc) is 3.02. The van der Waals surface area contributed by atoms with Crippen LogP contribution in [0.1, 0.15) is 42.9 Å². The van der Waals surface area contributed by atoms with Crippen molar-refractivity contribution in [3.05, 3.63) is 28.2 Å². The van der Waals surface area contributed by atoms with E-state index in [1.807, 2.05) is 6.07 Å². The molecule has 1 atom stereocenters. The number of thioether (sulfide) groups is 1. The van der Waals surface area contributed by atoms with Crippen LogP contribution in [0.15, 0.2) is 22.7 Å². The first-order chi connectivity index (χ1) is 12.8. The zero-order valence-corrected chi connectivity index (χ0v) is 17.5. The smallest absolute Gasteiger partial charge is 0.230 e. The van der Waals surface area contributed by atoms with Crippen molar-refractivity contribution in [3.8, 4) is 0 Å². The van der Waals surface area contributed by atoms with Gasteiger partial charge in [-0.05, 0) is 37.6 Å². The van der Waals surface area contributed by atoms with Crippen molar-refractivity contribution in [2.24, 2.45) is 0 Å². The van der Waals surface area contributed by atoms with E-state index in [4.69, 9.17) is 0 Å². The molecule has 0 spiro atoms. The molecule has 10 heteroatoms. The quantitative estimate of drug-likeness (QED) is 0.681. The lowest BCUT2D eigenvalue weighted by atomic mass is 10.0. The van der Waals surface area contributed by atoms with E-state index in [0.29, 0.717) is 12.5 Å². The molecule has 1 saturated heterocycles. The number of aromatic nitrogens is 3. The third kappa shape index (κ3) is 4.55. The van der Waals surface area contributed by atoms with E-state index in [1.54, 1.807) is 18.3 Å². The van der Waals surface area contributed by atoms with Gasteiger partial charge in [-0.1, -0.05) is 17.8 Å². The highest BCUT2D eigenvalue weighted by molar-refractivity contribution is 7.99. The molecule has 0 radical (unpaired) electrons. The van der Waals surface area contributed by atoms with Crippen molar-refractivity contribution in [3.63, 3.8) is 0 Å². The van der Waals surface area contributed by atoms with Crippen molar-refractivity contribution in [2.75, 3.05) is 17.3 Å². The van der Waals surface area contributed by atoms with Gasteiger partial charge in [0.15, 0.2) is 15.0 Å². The first-order valence-corrected chi connectivity index (χ1v) is 12.6. The van der Waals surface area contributed by atoms with Crippen LogP contribution in [0.2, 0.25) is 0 Å². The molecule has 3 heterocycles. The van der Waals surface area contributed by atoms with Gasteiger partial charge in [-0.15, -0.1) is 21.5 Å². The zero-order valence-electron chi connectivity index (χ0n) is 15.1. The lowest BCUT2D eigenvalue weighted by Crippen LogP contribution is -2.47. The van der Waals surface area contributed by atoms with E-state index in [2.05, 4.69) is 31.5 Å². The highest BCUT2D eigenvalue weighted by Gasteiger charge is 2.39. The van der Waals surface area contributed by atoms with E-state index < -0.39 is 15.4 Å². The second kappa shape index (κ2) is 7.21. The molecule has 27 heavy (non-hydrogen) atoms. The van der Waals surface area contributed by atoms with Gasteiger partial charge in [-0.2, -0.15) is 0 Å². The first kappa shape index (κ1) is 18.9. The number of nitrogens with zero attached hydrogens (tertiary/aromatic N) is 3. The Morgan fingerprint density at radius 2 is 2.26 bits per heavy atom. The molecule has 0 aromatic carbocycles. The fourth-order valence-corrected chi connectivity index (χ4v) is 7.03. The Morgan fingerprint density at radius 3 is 2.89 bits per heavy atom. The number of sulfone groups is 1. The van der Waals surface area contributed by atoms with Crippen molar-refractivity contribution < 1.29 is 13.2 Å². The van der Waals surface area contributed by atoms with Gasteiger partial charge in [-0.3, -0.25) is 4.79 Å². The van der Waals surface area contributed by atoms with E-state index in [1.165, 1.54) is 16.6 Å². The standard InChI is InChI=1S/C17H22N4O3S3/c1-17(6-8-27(23,24)11-17)18-15(22)10-26-16-20-19-14(21(16)12-4-5-12)9-13-3-2-7-25-13/h2-3,7,12H,4-6,8-11H2,1H3,(H,18,22)/t17-/m1/s1. The number of rotatable bonds is 7. The maximum Gasteiger partial charge on any atom is 0.230 e. The molecule has 2 aromatic heterocycles. The minimum absolute atomic E-state index is 0.0135. The predicted molar refractivity (Wildman–Crippen MR) is 106 cm³/mol. The molecular formula is C17H22N4O3S3. The maximum absolute atomic E-state index is 12.4. The van der Waals surface area contributed by atoms with E-state index in [0.717, 1.165) is 30.2 Å². The SMILES string of the molecule is C[C@@]1(NC(=O)CSc2nnc(Cc3cccs3)n2C2CC2)CCS(=O)(=O)C1. The number of hydrogen-bond donors (Lipinski definition) is 1. The Morgan fingerprint density at radius 1 is 1.44 bits per heavy atom. The summed E-state index contributed by atoms with van der Waals surface area (Å²) >= 11 is 3.07. The number of amides is 1. The van der Waals surface area contributed by atoms with Crippen molar-refractivity contribution in [1.82, 2.24) is 20.1 Å². The molecule has 1 amide bonds. The Bertz CT molecular complexity index is 935. The summed E-state index contributed by atoms with van der Waals surface area (Å²) in [4.78, 5) is 13.6. The van der Waals surface area contributed by atoms with E-state index in [-0.39, 0.29) is 23.2 Å². The summed E-state index contributed by atoms with van der Waals surface area (Å²) in [6.07, 6.45) is 3.45. The number of carbonyl (C=O) groups excluding carboxylic acids is 1. The van der Waals surface area contributed by atoms with Crippen LogP contribution < -0.4 is 5.32 Å². The van der Waals surface area contributed by atoms with Crippen LogP contribution in [0.5, 0.6) is 0 Å². The third-order valence-corrected chi connectivity index (χ3v) is 8.56. The second-order valence-electron chi connectivity index (χ2n) is 7.50. The van der Waals surface area contributed by atoms with Crippen LogP contribution in [0.4, 0.5) is 0 Å². The maximum atomic E-state index is 12.4. The Labute approximate surface area is 166 Å². The Kier molecular flexibility index (Phi) is 5.06. The summed E-state index contributed by atoms with van der Waals surface area (Å²) in [7, 11) is -3.04. The van der Waals surface area contributed by atoms with Gasteiger partial charge >= 0.3 is 0 Å². The zero-order chi connectivity index (χ0) is 19.1. The molecule has 146 valence electrons. The molecule has 0 unspecified atom stereocenters. The minimum Gasteiger partial charge on any atom is -0.349 e. The lowest BCUT2D eigenvalue weighted by molar-refractivity contribution is -0.120. The Hall–Kier alpha value is -1.39. The summed E-state index contributed by atoms with van der Waals surface area (Å²) in [5.74, 6) is 1.14. The van der Waals surface area contributed by atoms with Crippen molar-refractivity contribution in [1.29, 1.82) is 0 Å². The van der Waals surface area contributed by atoms with Gasteiger partial charge in [0, 0.05) is 17.3 Å². The molecule has 2 fully saturated rings.